The third-order valence-corrected chi connectivity index (χ3v) is 5.37. The molecule has 0 bridgehead atoms. The molecule has 2 heterocycles. The summed E-state index contributed by atoms with van der Waals surface area (Å²) in [7, 11) is -4.00. The van der Waals surface area contributed by atoms with Gasteiger partial charge in [-0.25, -0.2) is 13.1 Å². The zero-order valence-corrected chi connectivity index (χ0v) is 15.3. The summed E-state index contributed by atoms with van der Waals surface area (Å²) in [4.78, 5) is 19.3. The van der Waals surface area contributed by atoms with Crippen molar-refractivity contribution < 1.29 is 13.2 Å². The number of carbonyl (C=O) groups excluding carboxylic acids is 1. The molecule has 26 heavy (non-hydrogen) atoms. The second-order valence-corrected chi connectivity index (χ2v) is 7.80. The summed E-state index contributed by atoms with van der Waals surface area (Å²) in [6.07, 6.45) is 5.06. The normalized spacial score (nSPS) is 11.3. The standard InChI is InChI=1S/C19H19N3O3S/c1-13-3-4-18(16(9-13)11-17-10-14(2)5-8-21-17)26(24,25)22-19(23)15-6-7-20-12-15/h3-10,12,20H,11H2,1-2H3,(H,22,23). The van der Waals surface area contributed by atoms with Gasteiger partial charge in [-0.05, 0) is 49.2 Å². The first kappa shape index (κ1) is 17.9. The number of H-pyrrole nitrogens is 1. The molecule has 0 aliphatic heterocycles. The third-order valence-electron chi connectivity index (χ3n) is 3.94. The largest absolute Gasteiger partial charge is 0.367 e. The van der Waals surface area contributed by atoms with Crippen molar-refractivity contribution in [3.05, 3.63) is 82.9 Å². The fraction of sp³-hybridized carbons (Fsp3) is 0.158. The number of aromatic amines is 1. The van der Waals surface area contributed by atoms with Crippen LogP contribution < -0.4 is 4.72 Å². The van der Waals surface area contributed by atoms with Gasteiger partial charge in [0.1, 0.15) is 0 Å². The van der Waals surface area contributed by atoms with Crippen LogP contribution in [0.5, 0.6) is 0 Å². The molecule has 0 aliphatic rings. The van der Waals surface area contributed by atoms with Crippen LogP contribution in [0.25, 0.3) is 0 Å². The van der Waals surface area contributed by atoms with Crippen LogP contribution in [-0.2, 0) is 16.4 Å². The molecule has 7 heteroatoms. The average molecular weight is 369 g/mol. The van der Waals surface area contributed by atoms with E-state index in [4.69, 9.17) is 0 Å². The summed E-state index contributed by atoms with van der Waals surface area (Å²) < 4.78 is 27.7. The van der Waals surface area contributed by atoms with Gasteiger partial charge in [0.05, 0.1) is 10.5 Å². The van der Waals surface area contributed by atoms with E-state index in [0.29, 0.717) is 12.0 Å². The first-order chi connectivity index (χ1) is 12.3. The lowest BCUT2D eigenvalue weighted by molar-refractivity contribution is 0.0981. The second-order valence-electron chi connectivity index (χ2n) is 6.15. The van der Waals surface area contributed by atoms with Crippen LogP contribution in [0.15, 0.2) is 59.9 Å². The molecule has 0 aliphatic carbocycles. The summed E-state index contributed by atoms with van der Waals surface area (Å²) in [5.74, 6) is -0.675. The predicted molar refractivity (Wildman–Crippen MR) is 98.4 cm³/mol. The Morgan fingerprint density at radius 3 is 2.58 bits per heavy atom. The Morgan fingerprint density at radius 2 is 1.88 bits per heavy atom. The number of benzene rings is 1. The van der Waals surface area contributed by atoms with Crippen LogP contribution in [0.3, 0.4) is 0 Å². The zero-order valence-electron chi connectivity index (χ0n) is 14.5. The van der Waals surface area contributed by atoms with E-state index in [1.807, 2.05) is 26.0 Å². The van der Waals surface area contributed by atoms with Gasteiger partial charge in [0.2, 0.25) is 0 Å². The predicted octanol–water partition coefficient (Wildman–Crippen LogP) is 2.74. The van der Waals surface area contributed by atoms with E-state index in [-0.39, 0.29) is 10.5 Å². The molecule has 3 rings (SSSR count). The number of pyridine rings is 1. The number of sulfonamides is 1. The first-order valence-corrected chi connectivity index (χ1v) is 9.54. The van der Waals surface area contributed by atoms with E-state index in [9.17, 15) is 13.2 Å². The molecule has 134 valence electrons. The van der Waals surface area contributed by atoms with Gasteiger partial charge in [0.25, 0.3) is 15.9 Å². The van der Waals surface area contributed by atoms with Crippen molar-refractivity contribution in [3.8, 4) is 0 Å². The van der Waals surface area contributed by atoms with E-state index in [2.05, 4.69) is 14.7 Å². The van der Waals surface area contributed by atoms with Crippen molar-refractivity contribution in [2.75, 3.05) is 0 Å². The highest BCUT2D eigenvalue weighted by atomic mass is 32.2. The molecule has 0 atom stereocenters. The summed E-state index contributed by atoms with van der Waals surface area (Å²) in [5, 5.41) is 0. The number of nitrogens with zero attached hydrogens (tertiary/aromatic N) is 1. The molecule has 0 unspecified atom stereocenters. The van der Waals surface area contributed by atoms with Gasteiger partial charge in [-0.15, -0.1) is 0 Å². The monoisotopic (exact) mass is 369 g/mol. The molecular weight excluding hydrogens is 350 g/mol. The minimum absolute atomic E-state index is 0.0790. The Kier molecular flexibility index (Phi) is 4.90. The number of hydrogen-bond donors (Lipinski definition) is 2. The number of amides is 1. The van der Waals surface area contributed by atoms with Crippen LogP contribution in [0.2, 0.25) is 0 Å². The van der Waals surface area contributed by atoms with Gasteiger partial charge in [0, 0.05) is 30.7 Å². The Morgan fingerprint density at radius 1 is 1.12 bits per heavy atom. The third kappa shape index (κ3) is 4.00. The topological polar surface area (TPSA) is 91.9 Å². The molecule has 3 aromatic rings. The molecule has 0 saturated carbocycles. The van der Waals surface area contributed by atoms with Crippen molar-refractivity contribution in [1.29, 1.82) is 0 Å². The lowest BCUT2D eigenvalue weighted by Crippen LogP contribution is -2.31. The summed E-state index contributed by atoms with van der Waals surface area (Å²) >= 11 is 0. The van der Waals surface area contributed by atoms with Crippen molar-refractivity contribution >= 4 is 15.9 Å². The van der Waals surface area contributed by atoms with Gasteiger partial charge >= 0.3 is 0 Å². The van der Waals surface area contributed by atoms with Crippen molar-refractivity contribution in [2.24, 2.45) is 0 Å². The average Bonchev–Trinajstić information content (AvgIpc) is 3.09. The molecule has 0 spiro atoms. The molecule has 0 radical (unpaired) electrons. The molecule has 6 nitrogen and oxygen atoms in total. The SMILES string of the molecule is Cc1ccnc(Cc2cc(C)ccc2S(=O)(=O)NC(=O)c2cc[nH]c2)c1. The number of nitrogens with one attached hydrogen (secondary N) is 2. The van der Waals surface area contributed by atoms with Crippen LogP contribution >= 0.6 is 0 Å². The first-order valence-electron chi connectivity index (χ1n) is 8.06. The van der Waals surface area contributed by atoms with Crippen LogP contribution in [-0.4, -0.2) is 24.3 Å². The Hall–Kier alpha value is -2.93. The molecule has 2 aromatic heterocycles. The zero-order chi connectivity index (χ0) is 18.7. The van der Waals surface area contributed by atoms with Crippen LogP contribution in [0, 0.1) is 13.8 Å². The molecule has 1 amide bonds. The lowest BCUT2D eigenvalue weighted by Gasteiger charge is -2.12. The minimum atomic E-state index is -4.00. The summed E-state index contributed by atoms with van der Waals surface area (Å²) in [6.45, 7) is 3.85. The van der Waals surface area contributed by atoms with Crippen LogP contribution in [0.1, 0.15) is 32.7 Å². The maximum absolute atomic E-state index is 12.8. The lowest BCUT2D eigenvalue weighted by atomic mass is 10.1. The molecule has 1 aromatic carbocycles. The Labute approximate surface area is 152 Å². The highest BCUT2D eigenvalue weighted by Crippen LogP contribution is 2.21. The number of aryl methyl sites for hydroxylation is 2. The number of carbonyl (C=O) groups is 1. The number of hydrogen-bond acceptors (Lipinski definition) is 4. The van der Waals surface area contributed by atoms with Gasteiger partial charge in [-0.1, -0.05) is 17.7 Å². The van der Waals surface area contributed by atoms with Crippen molar-refractivity contribution in [1.82, 2.24) is 14.7 Å². The molecular formula is C19H19N3O3S. The van der Waals surface area contributed by atoms with Crippen molar-refractivity contribution in [3.63, 3.8) is 0 Å². The van der Waals surface area contributed by atoms with Gasteiger partial charge < -0.3 is 4.98 Å². The maximum Gasteiger partial charge on any atom is 0.266 e. The highest BCUT2D eigenvalue weighted by Gasteiger charge is 2.22. The Balaban J connectivity index is 1.95. The van der Waals surface area contributed by atoms with E-state index >= 15 is 0 Å². The fourth-order valence-corrected chi connectivity index (χ4v) is 3.90. The highest BCUT2D eigenvalue weighted by molar-refractivity contribution is 7.90. The maximum atomic E-state index is 12.8. The minimum Gasteiger partial charge on any atom is -0.367 e. The van der Waals surface area contributed by atoms with Gasteiger partial charge in [0.15, 0.2) is 0 Å². The van der Waals surface area contributed by atoms with Gasteiger partial charge in [-0.2, -0.15) is 0 Å². The van der Waals surface area contributed by atoms with E-state index in [1.54, 1.807) is 24.5 Å². The van der Waals surface area contributed by atoms with Gasteiger partial charge in [-0.3, -0.25) is 9.78 Å². The van der Waals surface area contributed by atoms with E-state index in [0.717, 1.165) is 16.8 Å². The van der Waals surface area contributed by atoms with Crippen molar-refractivity contribution in [2.45, 2.75) is 25.2 Å². The molecule has 0 fully saturated rings. The quantitative estimate of drug-likeness (QED) is 0.723. The second kappa shape index (κ2) is 7.13. The summed E-state index contributed by atoms with van der Waals surface area (Å²) in [6, 6.07) is 10.3. The summed E-state index contributed by atoms with van der Waals surface area (Å²) in [5.41, 5.74) is 3.60. The number of rotatable bonds is 5. The van der Waals surface area contributed by atoms with E-state index < -0.39 is 15.9 Å². The fourth-order valence-electron chi connectivity index (χ4n) is 2.70. The molecule has 0 saturated heterocycles. The smallest absolute Gasteiger partial charge is 0.266 e. The van der Waals surface area contributed by atoms with Crippen LogP contribution in [0.4, 0.5) is 0 Å². The molecule has 2 N–H and O–H groups in total. The Bertz CT molecular complexity index is 1040. The number of aromatic nitrogens is 2. The van der Waals surface area contributed by atoms with E-state index in [1.165, 1.54) is 18.3 Å².